The third-order valence-electron chi connectivity index (χ3n) is 5.58. The van der Waals surface area contributed by atoms with Gasteiger partial charge in [-0.2, -0.15) is 5.10 Å². The molecule has 5 rings (SSSR count). The Balaban J connectivity index is 1.53. The van der Waals surface area contributed by atoms with Gasteiger partial charge in [-0.3, -0.25) is 4.79 Å². The van der Waals surface area contributed by atoms with E-state index in [9.17, 15) is 4.79 Å². The number of carbonyl (C=O) groups excluding carboxylic acids is 1. The van der Waals surface area contributed by atoms with Crippen LogP contribution >= 0.6 is 11.6 Å². The van der Waals surface area contributed by atoms with E-state index in [4.69, 9.17) is 11.6 Å². The normalized spacial score (nSPS) is 10.8. The van der Waals surface area contributed by atoms with Crippen molar-refractivity contribution < 1.29 is 4.79 Å². The maximum Gasteiger partial charge on any atom is 0.276 e. The maximum atomic E-state index is 13.0. The molecule has 0 bridgehead atoms. The Hall–Kier alpha value is -4.15. The maximum absolute atomic E-state index is 13.0. The Bertz CT molecular complexity index is 1440. The zero-order valence-corrected chi connectivity index (χ0v) is 19.3. The minimum Gasteiger partial charge on any atom is -0.321 e. The molecule has 0 saturated heterocycles. The number of amides is 1. The van der Waals surface area contributed by atoms with Crippen molar-refractivity contribution in [3.05, 3.63) is 125 Å². The molecular weight excluding hydrogens is 442 g/mol. The number of halogens is 1. The number of anilines is 1. The second kappa shape index (κ2) is 9.38. The summed E-state index contributed by atoms with van der Waals surface area (Å²) in [6, 6.07) is 35.4. The molecular formula is C29H22ClN3O. The molecule has 166 valence electrons. The van der Waals surface area contributed by atoms with E-state index >= 15 is 0 Å². The molecule has 0 aliphatic carbocycles. The zero-order chi connectivity index (χ0) is 23.5. The molecule has 0 atom stereocenters. The molecule has 1 N–H and O–H groups in total. The minimum atomic E-state index is -0.282. The Morgan fingerprint density at radius 3 is 2.15 bits per heavy atom. The van der Waals surface area contributed by atoms with E-state index in [-0.39, 0.29) is 5.91 Å². The summed E-state index contributed by atoms with van der Waals surface area (Å²) in [7, 11) is 0. The average molecular weight is 464 g/mol. The van der Waals surface area contributed by atoms with Crippen LogP contribution in [0.1, 0.15) is 16.1 Å². The number of hydrogen-bond donors (Lipinski definition) is 1. The van der Waals surface area contributed by atoms with Crippen LogP contribution in [-0.4, -0.2) is 15.7 Å². The fourth-order valence-corrected chi connectivity index (χ4v) is 3.97. The van der Waals surface area contributed by atoms with Crippen LogP contribution in [0, 0.1) is 6.92 Å². The molecule has 34 heavy (non-hydrogen) atoms. The molecule has 4 aromatic carbocycles. The first-order valence-corrected chi connectivity index (χ1v) is 11.3. The summed E-state index contributed by atoms with van der Waals surface area (Å²) in [5.41, 5.74) is 7.10. The van der Waals surface area contributed by atoms with E-state index in [2.05, 4.69) is 52.9 Å². The van der Waals surface area contributed by atoms with Gasteiger partial charge in [0.1, 0.15) is 0 Å². The fourth-order valence-electron chi connectivity index (χ4n) is 3.85. The Morgan fingerprint density at radius 2 is 1.44 bits per heavy atom. The Morgan fingerprint density at radius 1 is 0.765 bits per heavy atom. The van der Waals surface area contributed by atoms with Crippen LogP contribution < -0.4 is 5.32 Å². The Kier molecular flexibility index (Phi) is 5.98. The van der Waals surface area contributed by atoms with Crippen molar-refractivity contribution in [2.24, 2.45) is 0 Å². The van der Waals surface area contributed by atoms with Crippen molar-refractivity contribution in [2.45, 2.75) is 6.92 Å². The highest BCUT2D eigenvalue weighted by molar-refractivity contribution is 6.30. The highest BCUT2D eigenvalue weighted by Gasteiger charge is 2.17. The lowest BCUT2D eigenvalue weighted by Crippen LogP contribution is -2.13. The number of carbonyl (C=O) groups is 1. The van der Waals surface area contributed by atoms with Gasteiger partial charge in [-0.25, -0.2) is 4.68 Å². The quantitative estimate of drug-likeness (QED) is 0.294. The molecule has 1 heterocycles. The number of hydrogen-bond acceptors (Lipinski definition) is 2. The first-order chi connectivity index (χ1) is 16.6. The van der Waals surface area contributed by atoms with Gasteiger partial charge in [0.2, 0.25) is 0 Å². The molecule has 0 fully saturated rings. The molecule has 0 aliphatic rings. The van der Waals surface area contributed by atoms with Crippen molar-refractivity contribution in [2.75, 3.05) is 5.32 Å². The van der Waals surface area contributed by atoms with Crippen LogP contribution in [0.3, 0.4) is 0 Å². The van der Waals surface area contributed by atoms with Crippen LogP contribution in [0.15, 0.2) is 109 Å². The second-order valence-electron chi connectivity index (χ2n) is 8.07. The molecule has 1 aromatic heterocycles. The number of aryl methyl sites for hydroxylation is 1. The smallest absolute Gasteiger partial charge is 0.276 e. The molecule has 1 amide bonds. The largest absolute Gasteiger partial charge is 0.321 e. The van der Waals surface area contributed by atoms with E-state index in [0.29, 0.717) is 16.4 Å². The minimum absolute atomic E-state index is 0.282. The van der Waals surface area contributed by atoms with Gasteiger partial charge in [0.05, 0.1) is 11.4 Å². The number of benzene rings is 4. The van der Waals surface area contributed by atoms with E-state index < -0.39 is 0 Å². The molecule has 0 radical (unpaired) electrons. The third kappa shape index (κ3) is 4.63. The van der Waals surface area contributed by atoms with E-state index in [1.807, 2.05) is 54.1 Å². The molecule has 0 unspecified atom stereocenters. The summed E-state index contributed by atoms with van der Waals surface area (Å²) in [6.07, 6.45) is 0. The molecule has 0 aliphatic heterocycles. The summed E-state index contributed by atoms with van der Waals surface area (Å²) < 4.78 is 1.82. The van der Waals surface area contributed by atoms with Crippen LogP contribution in [0.25, 0.3) is 28.1 Å². The first-order valence-electron chi connectivity index (χ1n) is 11.0. The topological polar surface area (TPSA) is 46.9 Å². The summed E-state index contributed by atoms with van der Waals surface area (Å²) in [5, 5.41) is 8.18. The summed E-state index contributed by atoms with van der Waals surface area (Å²) in [4.78, 5) is 13.0. The summed E-state index contributed by atoms with van der Waals surface area (Å²) in [5.74, 6) is -0.282. The standard InChI is InChI=1S/C29H22ClN3O/c1-20-6-5-9-26(18-20)33-28(23-12-10-22(11-13-23)21-7-3-2-4-8-21)19-27(32-33)29(34)31-25-16-14-24(30)15-17-25/h2-19H,1H3,(H,31,34). The van der Waals surface area contributed by atoms with Gasteiger partial charge in [-0.05, 0) is 66.1 Å². The highest BCUT2D eigenvalue weighted by Crippen LogP contribution is 2.28. The van der Waals surface area contributed by atoms with Gasteiger partial charge in [0.25, 0.3) is 5.91 Å². The lowest BCUT2D eigenvalue weighted by molar-refractivity contribution is 0.102. The number of aromatic nitrogens is 2. The molecule has 0 spiro atoms. The SMILES string of the molecule is Cc1cccc(-n2nc(C(=O)Nc3ccc(Cl)cc3)cc2-c2ccc(-c3ccccc3)cc2)c1. The van der Waals surface area contributed by atoms with E-state index in [0.717, 1.165) is 33.6 Å². The molecule has 4 nitrogen and oxygen atoms in total. The van der Waals surface area contributed by atoms with Crippen LogP contribution in [0.2, 0.25) is 5.02 Å². The number of nitrogens with one attached hydrogen (secondary N) is 1. The third-order valence-corrected chi connectivity index (χ3v) is 5.83. The van der Waals surface area contributed by atoms with Gasteiger partial charge in [-0.15, -0.1) is 0 Å². The predicted molar refractivity (Wildman–Crippen MR) is 139 cm³/mol. The van der Waals surface area contributed by atoms with Crippen molar-refractivity contribution in [1.29, 1.82) is 0 Å². The van der Waals surface area contributed by atoms with E-state index in [1.165, 1.54) is 0 Å². The summed E-state index contributed by atoms with van der Waals surface area (Å²) >= 11 is 5.96. The summed E-state index contributed by atoms with van der Waals surface area (Å²) in [6.45, 7) is 2.04. The van der Waals surface area contributed by atoms with Crippen LogP contribution in [0.5, 0.6) is 0 Å². The highest BCUT2D eigenvalue weighted by atomic mass is 35.5. The van der Waals surface area contributed by atoms with Gasteiger partial charge in [-0.1, -0.05) is 78.3 Å². The van der Waals surface area contributed by atoms with Crippen LogP contribution in [-0.2, 0) is 0 Å². The van der Waals surface area contributed by atoms with Gasteiger partial charge < -0.3 is 5.32 Å². The van der Waals surface area contributed by atoms with Crippen molar-refractivity contribution in [3.8, 4) is 28.1 Å². The van der Waals surface area contributed by atoms with Gasteiger partial charge in [0, 0.05) is 16.3 Å². The lowest BCUT2D eigenvalue weighted by Gasteiger charge is -2.09. The Labute approximate surface area is 203 Å². The van der Waals surface area contributed by atoms with E-state index in [1.54, 1.807) is 24.3 Å². The second-order valence-corrected chi connectivity index (χ2v) is 8.51. The molecule has 5 aromatic rings. The number of nitrogens with zero attached hydrogens (tertiary/aromatic N) is 2. The van der Waals surface area contributed by atoms with Crippen molar-refractivity contribution >= 4 is 23.2 Å². The van der Waals surface area contributed by atoms with Gasteiger partial charge in [0.15, 0.2) is 5.69 Å². The lowest BCUT2D eigenvalue weighted by atomic mass is 10.0. The fraction of sp³-hybridized carbons (Fsp3) is 0.0345. The van der Waals surface area contributed by atoms with Crippen LogP contribution in [0.4, 0.5) is 5.69 Å². The number of rotatable bonds is 5. The predicted octanol–water partition coefficient (Wildman–Crippen LogP) is 7.42. The monoisotopic (exact) mass is 463 g/mol. The molecule has 5 heteroatoms. The van der Waals surface area contributed by atoms with Crippen molar-refractivity contribution in [3.63, 3.8) is 0 Å². The van der Waals surface area contributed by atoms with Crippen molar-refractivity contribution in [1.82, 2.24) is 9.78 Å². The first kappa shape index (κ1) is 21.7. The average Bonchev–Trinajstić information content (AvgIpc) is 3.32. The molecule has 0 saturated carbocycles. The zero-order valence-electron chi connectivity index (χ0n) is 18.6. The van der Waals surface area contributed by atoms with Gasteiger partial charge >= 0.3 is 0 Å².